The van der Waals surface area contributed by atoms with Gasteiger partial charge in [-0.2, -0.15) is 0 Å². The Bertz CT molecular complexity index is 1670. The van der Waals surface area contributed by atoms with Crippen molar-refractivity contribution < 1.29 is 22.7 Å². The second-order valence-electron chi connectivity index (χ2n) is 10.5. The summed E-state index contributed by atoms with van der Waals surface area (Å²) in [6.45, 7) is 3.22. The fourth-order valence-corrected chi connectivity index (χ4v) is 6.73. The number of methoxy groups -OCH3 is 1. The number of ether oxygens (including phenoxy) is 1. The molecule has 4 aromatic carbocycles. The van der Waals surface area contributed by atoms with Crippen LogP contribution < -0.4 is 14.4 Å². The van der Waals surface area contributed by atoms with Crippen LogP contribution in [0.1, 0.15) is 25.0 Å². The van der Waals surface area contributed by atoms with E-state index in [1.807, 2.05) is 68.4 Å². The minimum atomic E-state index is -4.22. The van der Waals surface area contributed by atoms with E-state index in [-0.39, 0.29) is 41.2 Å². The minimum Gasteiger partial charge on any atom is -0.495 e. The molecular weight excluding hydrogens is 642 g/mol. The number of hydrogen-bond acceptors (Lipinski definition) is 5. The van der Waals surface area contributed by atoms with Crippen molar-refractivity contribution in [3.63, 3.8) is 0 Å². The number of carbonyl (C=O) groups excluding carboxylic acids is 2. The molecule has 0 aliphatic carbocycles. The van der Waals surface area contributed by atoms with Crippen LogP contribution >= 0.6 is 15.9 Å². The Hall–Kier alpha value is -4.15. The van der Waals surface area contributed by atoms with Crippen molar-refractivity contribution in [3.8, 4) is 5.75 Å². The van der Waals surface area contributed by atoms with Crippen molar-refractivity contribution in [2.75, 3.05) is 18.0 Å². The van der Waals surface area contributed by atoms with Crippen LogP contribution in [0.15, 0.2) is 119 Å². The average Bonchev–Trinajstić information content (AvgIpc) is 3.02. The van der Waals surface area contributed by atoms with E-state index in [1.54, 1.807) is 42.5 Å². The van der Waals surface area contributed by atoms with Crippen molar-refractivity contribution in [3.05, 3.63) is 125 Å². The van der Waals surface area contributed by atoms with E-state index in [0.29, 0.717) is 0 Å². The van der Waals surface area contributed by atoms with E-state index in [2.05, 4.69) is 21.2 Å². The van der Waals surface area contributed by atoms with Crippen LogP contribution in [0.2, 0.25) is 0 Å². The van der Waals surface area contributed by atoms with Crippen molar-refractivity contribution in [1.82, 2.24) is 10.2 Å². The fourth-order valence-electron chi connectivity index (χ4n) is 4.84. The molecule has 2 amide bonds. The van der Waals surface area contributed by atoms with Crippen LogP contribution in [0.3, 0.4) is 0 Å². The topological polar surface area (TPSA) is 96.0 Å². The van der Waals surface area contributed by atoms with Crippen LogP contribution in [0, 0.1) is 0 Å². The number of para-hydroxylation sites is 2. The molecule has 1 N–H and O–H groups in total. The lowest BCUT2D eigenvalue weighted by atomic mass is 10.0. The van der Waals surface area contributed by atoms with Crippen LogP contribution in [-0.4, -0.2) is 50.9 Å². The van der Waals surface area contributed by atoms with Gasteiger partial charge in [-0.15, -0.1) is 0 Å². The van der Waals surface area contributed by atoms with Gasteiger partial charge >= 0.3 is 0 Å². The third kappa shape index (κ3) is 8.27. The Morgan fingerprint density at radius 1 is 0.841 bits per heavy atom. The van der Waals surface area contributed by atoms with E-state index < -0.39 is 28.5 Å². The van der Waals surface area contributed by atoms with Gasteiger partial charge in [0.05, 0.1) is 17.7 Å². The maximum absolute atomic E-state index is 14.5. The summed E-state index contributed by atoms with van der Waals surface area (Å²) in [4.78, 5) is 29.8. The first-order chi connectivity index (χ1) is 21.1. The van der Waals surface area contributed by atoms with E-state index in [0.717, 1.165) is 19.9 Å². The summed E-state index contributed by atoms with van der Waals surface area (Å²) in [5.41, 5.74) is 1.85. The molecule has 8 nitrogen and oxygen atoms in total. The number of nitrogens with one attached hydrogen (secondary N) is 1. The Labute approximate surface area is 267 Å². The first kappa shape index (κ1) is 32.8. The van der Waals surface area contributed by atoms with Gasteiger partial charge in [0.2, 0.25) is 11.8 Å². The predicted molar refractivity (Wildman–Crippen MR) is 176 cm³/mol. The molecule has 1 atom stereocenters. The van der Waals surface area contributed by atoms with E-state index in [1.165, 1.54) is 24.1 Å². The zero-order valence-electron chi connectivity index (χ0n) is 24.9. The summed E-state index contributed by atoms with van der Waals surface area (Å²) in [5.74, 6) is -0.589. The van der Waals surface area contributed by atoms with Gasteiger partial charge < -0.3 is 15.0 Å². The molecule has 10 heteroatoms. The fraction of sp³-hybridized carbons (Fsp3) is 0.235. The zero-order valence-corrected chi connectivity index (χ0v) is 27.3. The lowest BCUT2D eigenvalue weighted by Gasteiger charge is -2.34. The predicted octanol–water partition coefficient (Wildman–Crippen LogP) is 5.82. The number of amides is 2. The summed E-state index contributed by atoms with van der Waals surface area (Å²) in [7, 11) is -2.78. The van der Waals surface area contributed by atoms with Gasteiger partial charge in [0.1, 0.15) is 18.3 Å². The molecule has 230 valence electrons. The van der Waals surface area contributed by atoms with Crippen LogP contribution in [0.25, 0.3) is 0 Å². The van der Waals surface area contributed by atoms with Gasteiger partial charge in [-0.05, 0) is 61.4 Å². The average molecular weight is 679 g/mol. The highest BCUT2D eigenvalue weighted by Gasteiger charge is 2.35. The van der Waals surface area contributed by atoms with Crippen molar-refractivity contribution >= 4 is 43.5 Å². The number of anilines is 1. The lowest BCUT2D eigenvalue weighted by Crippen LogP contribution is -2.54. The molecular formula is C34H36BrN3O5S. The highest BCUT2D eigenvalue weighted by molar-refractivity contribution is 9.10. The molecule has 0 radical (unpaired) electrons. The SMILES string of the molecule is COc1ccccc1N(CC(=O)N(Cc1cccc(Br)c1)[C@H](Cc1ccccc1)C(=O)NC(C)C)S(=O)(=O)c1ccccc1. The van der Waals surface area contributed by atoms with Crippen molar-refractivity contribution in [2.24, 2.45) is 0 Å². The monoisotopic (exact) mass is 677 g/mol. The summed E-state index contributed by atoms with van der Waals surface area (Å²) in [6.07, 6.45) is 0.235. The van der Waals surface area contributed by atoms with Gasteiger partial charge in [0, 0.05) is 23.5 Å². The molecule has 0 aliphatic heterocycles. The second-order valence-corrected chi connectivity index (χ2v) is 13.3. The third-order valence-electron chi connectivity index (χ3n) is 6.91. The molecule has 0 heterocycles. The second kappa shape index (κ2) is 15.0. The lowest BCUT2D eigenvalue weighted by molar-refractivity contribution is -0.140. The molecule has 4 rings (SSSR count). The van der Waals surface area contributed by atoms with Crippen molar-refractivity contribution in [1.29, 1.82) is 0 Å². The first-order valence-electron chi connectivity index (χ1n) is 14.2. The van der Waals surface area contributed by atoms with Gasteiger partial charge in [0.15, 0.2) is 0 Å². The Morgan fingerprint density at radius 2 is 1.45 bits per heavy atom. The highest BCUT2D eigenvalue weighted by atomic mass is 79.9. The van der Waals surface area contributed by atoms with E-state index >= 15 is 0 Å². The van der Waals surface area contributed by atoms with Crippen LogP contribution in [0.5, 0.6) is 5.75 Å². The standard InChI is InChI=1S/C34H36BrN3O5S/c1-25(2)36-34(40)31(22-26-13-6-4-7-14-26)37(23-27-15-12-16-28(35)21-27)33(39)24-38(30-19-10-11-20-32(30)43-3)44(41,42)29-17-8-5-9-18-29/h4-21,25,31H,22-24H2,1-3H3,(H,36,40)/t31-/m1/s1. The summed E-state index contributed by atoms with van der Waals surface area (Å²) >= 11 is 3.50. The Kier molecular flexibility index (Phi) is 11.2. The molecule has 0 saturated carbocycles. The van der Waals surface area contributed by atoms with Gasteiger partial charge in [0.25, 0.3) is 10.0 Å². The molecule has 0 spiro atoms. The Balaban J connectivity index is 1.83. The number of sulfonamides is 1. The number of rotatable bonds is 13. The van der Waals surface area contributed by atoms with Crippen LogP contribution in [-0.2, 0) is 32.6 Å². The van der Waals surface area contributed by atoms with E-state index in [4.69, 9.17) is 4.74 Å². The molecule has 0 bridgehead atoms. The van der Waals surface area contributed by atoms with Gasteiger partial charge in [-0.3, -0.25) is 13.9 Å². The minimum absolute atomic E-state index is 0.0237. The summed E-state index contributed by atoms with van der Waals surface area (Å²) in [6, 6.07) is 30.4. The summed E-state index contributed by atoms with van der Waals surface area (Å²) < 4.78 is 35.6. The number of nitrogens with zero attached hydrogens (tertiary/aromatic N) is 2. The number of carbonyl (C=O) groups is 2. The molecule has 0 saturated heterocycles. The summed E-state index contributed by atoms with van der Waals surface area (Å²) in [5, 5.41) is 2.96. The third-order valence-corrected chi connectivity index (χ3v) is 9.18. The molecule has 44 heavy (non-hydrogen) atoms. The normalized spacial score (nSPS) is 11.9. The maximum atomic E-state index is 14.5. The number of halogens is 1. The largest absolute Gasteiger partial charge is 0.495 e. The molecule has 0 aliphatic rings. The smallest absolute Gasteiger partial charge is 0.264 e. The molecule has 4 aromatic rings. The van der Waals surface area contributed by atoms with Crippen LogP contribution in [0.4, 0.5) is 5.69 Å². The Morgan fingerprint density at radius 3 is 2.09 bits per heavy atom. The highest BCUT2D eigenvalue weighted by Crippen LogP contribution is 2.32. The van der Waals surface area contributed by atoms with Gasteiger partial charge in [-0.1, -0.05) is 88.7 Å². The molecule has 0 fully saturated rings. The first-order valence-corrected chi connectivity index (χ1v) is 16.4. The molecule has 0 unspecified atom stereocenters. The number of benzene rings is 4. The van der Waals surface area contributed by atoms with Crippen molar-refractivity contribution in [2.45, 2.75) is 43.8 Å². The quantitative estimate of drug-likeness (QED) is 0.193. The van der Waals surface area contributed by atoms with E-state index in [9.17, 15) is 18.0 Å². The number of hydrogen-bond donors (Lipinski definition) is 1. The molecule has 0 aromatic heterocycles. The van der Waals surface area contributed by atoms with Gasteiger partial charge in [-0.25, -0.2) is 8.42 Å². The zero-order chi connectivity index (χ0) is 31.7. The maximum Gasteiger partial charge on any atom is 0.264 e.